The van der Waals surface area contributed by atoms with E-state index in [2.05, 4.69) is 4.90 Å². The van der Waals surface area contributed by atoms with E-state index in [-0.39, 0.29) is 11.9 Å². The molecule has 2 heterocycles. The third-order valence-corrected chi connectivity index (χ3v) is 7.39. The van der Waals surface area contributed by atoms with Crippen molar-refractivity contribution in [3.63, 3.8) is 0 Å². The fourth-order valence-electron chi connectivity index (χ4n) is 2.29. The number of piperazine rings is 1. The van der Waals surface area contributed by atoms with Gasteiger partial charge in [-0.1, -0.05) is 0 Å². The van der Waals surface area contributed by atoms with Gasteiger partial charge in [0.2, 0.25) is 10.0 Å². The minimum absolute atomic E-state index is 0.238. The molecule has 1 atom stereocenters. The van der Waals surface area contributed by atoms with Crippen LogP contribution in [-0.4, -0.2) is 50.3 Å². The summed E-state index contributed by atoms with van der Waals surface area (Å²) < 4.78 is 27.1. The van der Waals surface area contributed by atoms with E-state index in [9.17, 15) is 8.42 Å². The molecule has 1 saturated heterocycles. The van der Waals surface area contributed by atoms with Gasteiger partial charge >= 0.3 is 0 Å². The van der Waals surface area contributed by atoms with Crippen LogP contribution in [0.4, 0.5) is 0 Å². The molecule has 1 fully saturated rings. The van der Waals surface area contributed by atoms with E-state index in [1.165, 1.54) is 11.3 Å². The minimum atomic E-state index is -3.42. The monoisotopic (exact) mass is 322 g/mol. The molecule has 19 heavy (non-hydrogen) atoms. The second-order valence-corrected chi connectivity index (χ2v) is 8.10. The molecule has 1 aromatic rings. The zero-order valence-electron chi connectivity index (χ0n) is 11.4. The Kier molecular flexibility index (Phi) is 4.57. The van der Waals surface area contributed by atoms with Crippen molar-refractivity contribution in [2.24, 2.45) is 0 Å². The fraction of sp³-hybridized carbons (Fsp3) is 0.667. The summed E-state index contributed by atoms with van der Waals surface area (Å²) in [6.07, 6.45) is 0. The molecule has 2 rings (SSSR count). The van der Waals surface area contributed by atoms with Crippen molar-refractivity contribution in [2.75, 3.05) is 26.7 Å². The molecule has 1 aliphatic rings. The van der Waals surface area contributed by atoms with Crippen molar-refractivity contribution >= 4 is 33.0 Å². The molecule has 7 heteroatoms. The van der Waals surface area contributed by atoms with Crippen molar-refractivity contribution < 1.29 is 8.42 Å². The highest BCUT2D eigenvalue weighted by Gasteiger charge is 2.33. The number of sulfonamides is 1. The summed E-state index contributed by atoms with van der Waals surface area (Å²) >= 11 is 7.28. The van der Waals surface area contributed by atoms with Gasteiger partial charge in [-0.25, -0.2) is 8.42 Å². The lowest BCUT2D eigenvalue weighted by Gasteiger charge is -2.36. The van der Waals surface area contributed by atoms with E-state index < -0.39 is 10.0 Å². The molecule has 0 N–H and O–H groups in total. The van der Waals surface area contributed by atoms with Gasteiger partial charge < -0.3 is 4.90 Å². The predicted octanol–water partition coefficient (Wildman–Crippen LogP) is 2.12. The minimum Gasteiger partial charge on any atom is -0.301 e. The Balaban J connectivity index is 2.35. The van der Waals surface area contributed by atoms with Gasteiger partial charge in [-0.3, -0.25) is 0 Å². The Morgan fingerprint density at radius 2 is 2.16 bits per heavy atom. The Labute approximate surface area is 124 Å². The van der Waals surface area contributed by atoms with Gasteiger partial charge in [0, 0.05) is 30.6 Å². The topological polar surface area (TPSA) is 40.6 Å². The van der Waals surface area contributed by atoms with E-state index >= 15 is 0 Å². The summed E-state index contributed by atoms with van der Waals surface area (Å²) in [7, 11) is -1.39. The Hall–Kier alpha value is -0.140. The molecule has 108 valence electrons. The maximum atomic E-state index is 12.8. The van der Waals surface area contributed by atoms with Crippen LogP contribution in [0, 0.1) is 6.92 Å². The lowest BCUT2D eigenvalue weighted by molar-refractivity contribution is 0.159. The molecule has 0 aromatic carbocycles. The summed E-state index contributed by atoms with van der Waals surface area (Å²) in [4.78, 5) is 3.34. The van der Waals surface area contributed by atoms with Crippen molar-refractivity contribution in [2.45, 2.75) is 30.7 Å². The highest BCUT2D eigenvalue weighted by Crippen LogP contribution is 2.31. The van der Waals surface area contributed by atoms with Gasteiger partial charge in [-0.2, -0.15) is 4.31 Å². The number of halogens is 1. The first-order valence-corrected chi connectivity index (χ1v) is 9.06. The molecule has 0 radical (unpaired) electrons. The summed E-state index contributed by atoms with van der Waals surface area (Å²) in [5.74, 6) is 0.246. The number of alkyl halides is 1. The molecule has 0 spiro atoms. The molecule has 0 amide bonds. The zero-order chi connectivity index (χ0) is 14.2. The Bertz CT molecular complexity index is 556. The van der Waals surface area contributed by atoms with E-state index in [4.69, 9.17) is 11.6 Å². The van der Waals surface area contributed by atoms with Crippen LogP contribution in [0.1, 0.15) is 17.4 Å². The van der Waals surface area contributed by atoms with Crippen molar-refractivity contribution in [1.82, 2.24) is 9.21 Å². The number of hydrogen-bond acceptors (Lipinski definition) is 4. The largest absolute Gasteiger partial charge is 0.301 e. The molecule has 4 nitrogen and oxygen atoms in total. The average Bonchev–Trinajstić information content (AvgIpc) is 2.74. The molecule has 1 aliphatic heterocycles. The van der Waals surface area contributed by atoms with Gasteiger partial charge in [0.25, 0.3) is 0 Å². The second kappa shape index (κ2) is 5.69. The van der Waals surface area contributed by atoms with Crippen LogP contribution in [0.2, 0.25) is 0 Å². The van der Waals surface area contributed by atoms with Crippen molar-refractivity contribution in [1.29, 1.82) is 0 Å². The Morgan fingerprint density at radius 3 is 2.74 bits per heavy atom. The lowest BCUT2D eigenvalue weighted by atomic mass is 10.2. The van der Waals surface area contributed by atoms with E-state index in [0.717, 1.165) is 17.0 Å². The van der Waals surface area contributed by atoms with Crippen LogP contribution < -0.4 is 0 Å². The first kappa shape index (κ1) is 15.3. The maximum absolute atomic E-state index is 12.8. The zero-order valence-corrected chi connectivity index (χ0v) is 13.8. The smallest absolute Gasteiger partial charge is 0.244 e. The van der Waals surface area contributed by atoms with Crippen LogP contribution in [-0.2, 0) is 15.9 Å². The fourth-order valence-corrected chi connectivity index (χ4v) is 5.81. The second-order valence-electron chi connectivity index (χ2n) is 5.00. The van der Waals surface area contributed by atoms with Crippen molar-refractivity contribution in [3.8, 4) is 0 Å². The van der Waals surface area contributed by atoms with Gasteiger partial charge in [0.15, 0.2) is 0 Å². The van der Waals surface area contributed by atoms with Gasteiger partial charge in [-0.05, 0) is 31.8 Å². The first-order chi connectivity index (χ1) is 8.87. The third-order valence-electron chi connectivity index (χ3n) is 3.63. The lowest BCUT2D eigenvalue weighted by Crippen LogP contribution is -2.51. The highest BCUT2D eigenvalue weighted by atomic mass is 35.5. The summed E-state index contributed by atoms with van der Waals surface area (Å²) in [6.45, 7) is 5.72. The van der Waals surface area contributed by atoms with Crippen LogP contribution in [0.15, 0.2) is 10.3 Å². The number of likely N-dealkylation sites (N-methyl/N-ethyl adjacent to an activating group) is 1. The summed E-state index contributed by atoms with van der Waals surface area (Å²) in [5, 5.41) is 1.87. The quantitative estimate of drug-likeness (QED) is 0.800. The van der Waals surface area contributed by atoms with E-state index in [1.807, 2.05) is 26.3 Å². The number of aryl methyl sites for hydroxylation is 1. The van der Waals surface area contributed by atoms with Crippen LogP contribution in [0.25, 0.3) is 0 Å². The normalized spacial score (nSPS) is 22.8. The number of nitrogens with zero attached hydrogens (tertiary/aromatic N) is 2. The predicted molar refractivity (Wildman–Crippen MR) is 79.5 cm³/mol. The highest BCUT2D eigenvalue weighted by molar-refractivity contribution is 7.89. The molecule has 0 saturated carbocycles. The third kappa shape index (κ3) is 2.83. The van der Waals surface area contributed by atoms with Gasteiger partial charge in [0.1, 0.15) is 4.90 Å². The average molecular weight is 323 g/mol. The molecule has 0 aliphatic carbocycles. The summed E-state index contributed by atoms with van der Waals surface area (Å²) in [6, 6.07) is 0.238. The van der Waals surface area contributed by atoms with Crippen molar-refractivity contribution in [3.05, 3.63) is 15.8 Å². The molecule has 1 unspecified atom stereocenters. The van der Waals surface area contributed by atoms with E-state index in [1.54, 1.807) is 4.31 Å². The standard InChI is InChI=1S/C12H19ClN2O2S2/c1-9-8-18-11(6-13)12(9)19(16,17)15-5-4-14(3)10(2)7-15/h8,10H,4-7H2,1-3H3. The molecular weight excluding hydrogens is 304 g/mol. The molecule has 0 bridgehead atoms. The molecule has 1 aromatic heterocycles. The van der Waals surface area contributed by atoms with Crippen LogP contribution in [0.5, 0.6) is 0 Å². The van der Waals surface area contributed by atoms with Crippen LogP contribution in [0.3, 0.4) is 0 Å². The maximum Gasteiger partial charge on any atom is 0.244 e. The molecular formula is C12H19ClN2O2S2. The number of thiophene rings is 1. The van der Waals surface area contributed by atoms with Gasteiger partial charge in [0.05, 0.1) is 5.88 Å². The number of hydrogen-bond donors (Lipinski definition) is 0. The Morgan fingerprint density at radius 1 is 1.47 bits per heavy atom. The van der Waals surface area contributed by atoms with Gasteiger partial charge in [-0.15, -0.1) is 22.9 Å². The SMILES string of the molecule is Cc1csc(CCl)c1S(=O)(=O)N1CCN(C)C(C)C1. The van der Waals surface area contributed by atoms with Crippen LogP contribution >= 0.6 is 22.9 Å². The number of rotatable bonds is 3. The van der Waals surface area contributed by atoms with E-state index in [0.29, 0.717) is 18.0 Å². The first-order valence-electron chi connectivity index (χ1n) is 6.21. The summed E-state index contributed by atoms with van der Waals surface area (Å²) in [5.41, 5.74) is 0.798.